The smallest absolute Gasteiger partial charge is 0.252 e. The van der Waals surface area contributed by atoms with Crippen molar-refractivity contribution < 1.29 is 4.79 Å². The summed E-state index contributed by atoms with van der Waals surface area (Å²) in [4.78, 5) is 13.6. The van der Waals surface area contributed by atoms with Crippen molar-refractivity contribution in [3.63, 3.8) is 0 Å². The van der Waals surface area contributed by atoms with Crippen LogP contribution < -0.4 is 11.1 Å². The van der Waals surface area contributed by atoms with Crippen molar-refractivity contribution in [3.05, 3.63) is 53.6 Å². The Balaban J connectivity index is 2.33. The highest BCUT2D eigenvalue weighted by molar-refractivity contribution is 7.99. The van der Waals surface area contributed by atoms with E-state index in [9.17, 15) is 4.79 Å². The van der Waals surface area contributed by atoms with E-state index in [-0.39, 0.29) is 5.91 Å². The van der Waals surface area contributed by atoms with E-state index < -0.39 is 0 Å². The van der Waals surface area contributed by atoms with Gasteiger partial charge in [-0.3, -0.25) is 4.79 Å². The lowest BCUT2D eigenvalue weighted by Gasteiger charge is -2.09. The molecule has 0 aromatic heterocycles. The van der Waals surface area contributed by atoms with Gasteiger partial charge in [-0.2, -0.15) is 0 Å². The Morgan fingerprint density at radius 1 is 1.30 bits per heavy atom. The van der Waals surface area contributed by atoms with Crippen molar-refractivity contribution in [1.82, 2.24) is 5.32 Å². The number of carbonyl (C=O) groups excluding carboxylic acids is 1. The number of carbonyl (C=O) groups is 1. The summed E-state index contributed by atoms with van der Waals surface area (Å²) < 4.78 is 0. The lowest BCUT2D eigenvalue weighted by atomic mass is 10.2. The predicted molar refractivity (Wildman–Crippen MR) is 82.7 cm³/mol. The topological polar surface area (TPSA) is 79.0 Å². The summed E-state index contributed by atoms with van der Waals surface area (Å²) in [7, 11) is 1.61. The summed E-state index contributed by atoms with van der Waals surface area (Å²) in [6, 6.07) is 12.9. The number of nitrogen functional groups attached to an aromatic ring is 1. The maximum Gasteiger partial charge on any atom is 0.252 e. The zero-order chi connectivity index (χ0) is 14.5. The number of hydrogen-bond acceptors (Lipinski definition) is 4. The van der Waals surface area contributed by atoms with Crippen molar-refractivity contribution >= 4 is 29.6 Å². The Labute approximate surface area is 121 Å². The SMILES string of the molecule is CNC(=O)c1ccccc1Sc1ccc(C=N)c(N)c1. The van der Waals surface area contributed by atoms with Gasteiger partial charge in [0.15, 0.2) is 0 Å². The Hall–Kier alpha value is -2.27. The first-order valence-corrected chi connectivity index (χ1v) is 6.86. The number of rotatable bonds is 4. The van der Waals surface area contributed by atoms with E-state index in [4.69, 9.17) is 11.1 Å². The van der Waals surface area contributed by atoms with Crippen LogP contribution in [-0.4, -0.2) is 19.2 Å². The average molecular weight is 285 g/mol. The van der Waals surface area contributed by atoms with Gasteiger partial charge < -0.3 is 16.5 Å². The van der Waals surface area contributed by atoms with E-state index in [1.807, 2.05) is 30.3 Å². The van der Waals surface area contributed by atoms with Crippen LogP contribution in [0.4, 0.5) is 5.69 Å². The first-order valence-electron chi connectivity index (χ1n) is 6.04. The second-order valence-corrected chi connectivity index (χ2v) is 5.23. The van der Waals surface area contributed by atoms with E-state index in [1.165, 1.54) is 18.0 Å². The molecule has 0 unspecified atom stereocenters. The Bertz CT molecular complexity index is 655. The van der Waals surface area contributed by atoms with Crippen molar-refractivity contribution in [3.8, 4) is 0 Å². The van der Waals surface area contributed by atoms with Crippen LogP contribution in [0.5, 0.6) is 0 Å². The molecular formula is C15H15N3OS. The highest BCUT2D eigenvalue weighted by Gasteiger charge is 2.10. The van der Waals surface area contributed by atoms with Crippen LogP contribution in [0.15, 0.2) is 52.3 Å². The van der Waals surface area contributed by atoms with Gasteiger partial charge in [0.1, 0.15) is 0 Å². The molecule has 2 aromatic rings. The Morgan fingerprint density at radius 3 is 2.70 bits per heavy atom. The largest absolute Gasteiger partial charge is 0.398 e. The molecular weight excluding hydrogens is 270 g/mol. The first kappa shape index (κ1) is 14.1. The molecule has 0 saturated carbocycles. The van der Waals surface area contributed by atoms with E-state index >= 15 is 0 Å². The molecule has 0 atom stereocenters. The van der Waals surface area contributed by atoms with Gasteiger partial charge >= 0.3 is 0 Å². The van der Waals surface area contributed by atoms with E-state index in [2.05, 4.69) is 5.32 Å². The summed E-state index contributed by atoms with van der Waals surface area (Å²) in [5.74, 6) is -0.114. The van der Waals surface area contributed by atoms with Gasteiger partial charge in [0.25, 0.3) is 5.91 Å². The third-order valence-corrected chi connectivity index (χ3v) is 3.87. The van der Waals surface area contributed by atoms with E-state index in [0.29, 0.717) is 16.8 Å². The number of nitrogens with two attached hydrogens (primary N) is 1. The second-order valence-electron chi connectivity index (χ2n) is 4.11. The average Bonchev–Trinajstić information content (AvgIpc) is 2.47. The highest BCUT2D eigenvalue weighted by atomic mass is 32.2. The molecule has 0 heterocycles. The third-order valence-electron chi connectivity index (χ3n) is 2.80. The molecule has 20 heavy (non-hydrogen) atoms. The summed E-state index contributed by atoms with van der Waals surface area (Å²) in [6.45, 7) is 0. The zero-order valence-electron chi connectivity index (χ0n) is 11.0. The molecule has 0 aliphatic carbocycles. The predicted octanol–water partition coefficient (Wildman–Crippen LogP) is 2.78. The van der Waals surface area contributed by atoms with Crippen LogP contribution in [0.2, 0.25) is 0 Å². The van der Waals surface area contributed by atoms with E-state index in [1.54, 1.807) is 19.2 Å². The molecule has 1 amide bonds. The quantitative estimate of drug-likeness (QED) is 0.597. The molecule has 102 valence electrons. The fourth-order valence-electron chi connectivity index (χ4n) is 1.75. The van der Waals surface area contributed by atoms with Crippen molar-refractivity contribution in [2.75, 3.05) is 12.8 Å². The molecule has 0 radical (unpaired) electrons. The summed E-state index contributed by atoms with van der Waals surface area (Å²) >= 11 is 1.48. The normalized spacial score (nSPS) is 10.1. The molecule has 0 fully saturated rings. The van der Waals surface area contributed by atoms with Gasteiger partial charge in [0.05, 0.1) is 5.56 Å². The molecule has 0 aliphatic heterocycles. The zero-order valence-corrected chi connectivity index (χ0v) is 11.8. The minimum Gasteiger partial charge on any atom is -0.398 e. The fourth-order valence-corrected chi connectivity index (χ4v) is 2.75. The van der Waals surface area contributed by atoms with Gasteiger partial charge in [-0.1, -0.05) is 30.0 Å². The number of hydrogen-bond donors (Lipinski definition) is 3. The molecule has 2 rings (SSSR count). The molecule has 0 aliphatic rings. The highest BCUT2D eigenvalue weighted by Crippen LogP contribution is 2.32. The van der Waals surface area contributed by atoms with Gasteiger partial charge in [0.2, 0.25) is 0 Å². The van der Waals surface area contributed by atoms with Crippen LogP contribution >= 0.6 is 11.8 Å². The van der Waals surface area contributed by atoms with Gasteiger partial charge in [0, 0.05) is 34.3 Å². The molecule has 5 heteroatoms. The summed E-state index contributed by atoms with van der Waals surface area (Å²) in [5, 5.41) is 9.86. The molecule has 0 spiro atoms. The number of nitrogens with one attached hydrogen (secondary N) is 2. The molecule has 0 bridgehead atoms. The van der Waals surface area contributed by atoms with Gasteiger partial charge in [-0.05, 0) is 24.3 Å². The summed E-state index contributed by atoms with van der Waals surface area (Å²) in [6.07, 6.45) is 1.22. The van der Waals surface area contributed by atoms with Crippen molar-refractivity contribution in [2.45, 2.75) is 9.79 Å². The number of benzene rings is 2. The molecule has 4 N–H and O–H groups in total. The van der Waals surface area contributed by atoms with Crippen LogP contribution in [0.3, 0.4) is 0 Å². The monoisotopic (exact) mass is 285 g/mol. The van der Waals surface area contributed by atoms with Crippen LogP contribution in [-0.2, 0) is 0 Å². The minimum absolute atomic E-state index is 0.114. The number of amides is 1. The minimum atomic E-state index is -0.114. The van der Waals surface area contributed by atoms with Crippen molar-refractivity contribution in [2.24, 2.45) is 0 Å². The Kier molecular flexibility index (Phi) is 4.42. The lowest BCUT2D eigenvalue weighted by molar-refractivity contribution is 0.0960. The summed E-state index contributed by atoms with van der Waals surface area (Å²) in [5.41, 5.74) is 7.75. The standard InChI is InChI=1S/C15H15N3OS/c1-18-15(19)12-4-2-3-5-14(12)20-11-7-6-10(9-16)13(17)8-11/h2-9,16H,17H2,1H3,(H,18,19). The Morgan fingerprint density at radius 2 is 2.05 bits per heavy atom. The van der Waals surface area contributed by atoms with Gasteiger partial charge in [-0.25, -0.2) is 0 Å². The van der Waals surface area contributed by atoms with Crippen LogP contribution in [0.25, 0.3) is 0 Å². The number of anilines is 1. The van der Waals surface area contributed by atoms with Crippen LogP contribution in [0, 0.1) is 5.41 Å². The molecule has 2 aromatic carbocycles. The third kappa shape index (κ3) is 3.00. The van der Waals surface area contributed by atoms with Crippen LogP contribution in [0.1, 0.15) is 15.9 Å². The van der Waals surface area contributed by atoms with Gasteiger partial charge in [-0.15, -0.1) is 0 Å². The maximum atomic E-state index is 11.8. The fraction of sp³-hybridized carbons (Fsp3) is 0.0667. The first-order chi connectivity index (χ1) is 9.65. The lowest BCUT2D eigenvalue weighted by Crippen LogP contribution is -2.18. The second kappa shape index (κ2) is 6.25. The molecule has 0 saturated heterocycles. The van der Waals surface area contributed by atoms with Crippen molar-refractivity contribution in [1.29, 1.82) is 5.41 Å². The molecule has 4 nitrogen and oxygen atoms in total. The van der Waals surface area contributed by atoms with E-state index in [0.717, 1.165) is 9.79 Å². The maximum absolute atomic E-state index is 11.8.